The lowest BCUT2D eigenvalue weighted by molar-refractivity contribution is -0.132. The van der Waals surface area contributed by atoms with Gasteiger partial charge >= 0.3 is 0 Å². The molecular formula is C14H27N3O. The second-order valence-electron chi connectivity index (χ2n) is 5.95. The Labute approximate surface area is 110 Å². The fourth-order valence-electron chi connectivity index (χ4n) is 3.14. The van der Waals surface area contributed by atoms with Crippen molar-refractivity contribution in [2.24, 2.45) is 11.7 Å². The van der Waals surface area contributed by atoms with Crippen molar-refractivity contribution in [3.8, 4) is 0 Å². The van der Waals surface area contributed by atoms with Gasteiger partial charge in [-0.2, -0.15) is 0 Å². The molecule has 2 rings (SSSR count). The lowest BCUT2D eigenvalue weighted by atomic mass is 9.82. The number of rotatable bonds is 2. The molecule has 18 heavy (non-hydrogen) atoms. The van der Waals surface area contributed by atoms with Gasteiger partial charge in [-0.1, -0.05) is 12.8 Å². The fraction of sp³-hybridized carbons (Fsp3) is 0.929. The van der Waals surface area contributed by atoms with Crippen molar-refractivity contribution in [3.05, 3.63) is 0 Å². The summed E-state index contributed by atoms with van der Waals surface area (Å²) in [4.78, 5) is 16.7. The van der Waals surface area contributed by atoms with Crippen LogP contribution in [0.5, 0.6) is 0 Å². The third-order valence-electron chi connectivity index (χ3n) is 4.48. The van der Waals surface area contributed by atoms with Crippen LogP contribution in [0.4, 0.5) is 0 Å². The number of hydrogen-bond donors (Lipinski definition) is 1. The molecule has 4 nitrogen and oxygen atoms in total. The van der Waals surface area contributed by atoms with Crippen LogP contribution >= 0.6 is 0 Å². The van der Waals surface area contributed by atoms with Crippen LogP contribution in [0.1, 0.15) is 38.5 Å². The number of amides is 1. The molecule has 0 aromatic rings. The molecule has 0 aromatic heterocycles. The largest absolute Gasteiger partial charge is 0.341 e. The lowest BCUT2D eigenvalue weighted by Crippen LogP contribution is -2.40. The molecule has 0 radical (unpaired) electrons. The standard InChI is InChI=1S/C14H27N3O/c1-16-7-4-8-17(10-9-16)14(18)11-12-5-2-3-6-13(12)15/h12-13H,2-11,15H2,1H3. The van der Waals surface area contributed by atoms with Crippen LogP contribution in [-0.2, 0) is 4.79 Å². The number of likely N-dealkylation sites (N-methyl/N-ethyl adjacent to an activating group) is 1. The minimum absolute atomic E-state index is 0.248. The first-order chi connectivity index (χ1) is 8.66. The van der Waals surface area contributed by atoms with Crippen molar-refractivity contribution in [3.63, 3.8) is 0 Å². The average molecular weight is 253 g/mol. The van der Waals surface area contributed by atoms with Crippen molar-refractivity contribution in [1.29, 1.82) is 0 Å². The van der Waals surface area contributed by atoms with Crippen molar-refractivity contribution in [1.82, 2.24) is 9.80 Å². The predicted octanol–water partition coefficient (Wildman–Crippen LogP) is 1.06. The van der Waals surface area contributed by atoms with Crippen LogP contribution in [0.25, 0.3) is 0 Å². The van der Waals surface area contributed by atoms with E-state index in [0.717, 1.165) is 45.4 Å². The Bertz CT molecular complexity index is 282. The van der Waals surface area contributed by atoms with Gasteiger partial charge in [0.15, 0.2) is 0 Å². The third-order valence-corrected chi connectivity index (χ3v) is 4.48. The summed E-state index contributed by atoms with van der Waals surface area (Å²) in [6, 6.07) is 0.248. The molecule has 0 spiro atoms. The van der Waals surface area contributed by atoms with E-state index in [2.05, 4.69) is 11.9 Å². The SMILES string of the molecule is CN1CCCN(C(=O)CC2CCCCC2N)CC1. The van der Waals surface area contributed by atoms with Crippen LogP contribution in [0.2, 0.25) is 0 Å². The Morgan fingerprint density at radius 3 is 2.67 bits per heavy atom. The molecule has 0 bridgehead atoms. The van der Waals surface area contributed by atoms with Crippen LogP contribution in [0.15, 0.2) is 0 Å². The smallest absolute Gasteiger partial charge is 0.222 e. The van der Waals surface area contributed by atoms with Gasteiger partial charge in [-0.15, -0.1) is 0 Å². The summed E-state index contributed by atoms with van der Waals surface area (Å²) in [7, 11) is 2.13. The van der Waals surface area contributed by atoms with E-state index >= 15 is 0 Å². The highest BCUT2D eigenvalue weighted by atomic mass is 16.2. The molecule has 2 aliphatic rings. The van der Waals surface area contributed by atoms with E-state index in [-0.39, 0.29) is 6.04 Å². The summed E-state index contributed by atoms with van der Waals surface area (Å²) in [5, 5.41) is 0. The van der Waals surface area contributed by atoms with Gasteiger partial charge in [-0.25, -0.2) is 0 Å². The molecule has 1 amide bonds. The molecule has 2 fully saturated rings. The van der Waals surface area contributed by atoms with E-state index in [0.29, 0.717) is 18.2 Å². The fourth-order valence-corrected chi connectivity index (χ4v) is 3.14. The quantitative estimate of drug-likeness (QED) is 0.800. The van der Waals surface area contributed by atoms with Crippen LogP contribution in [0.3, 0.4) is 0 Å². The molecular weight excluding hydrogens is 226 g/mol. The van der Waals surface area contributed by atoms with E-state index in [1.54, 1.807) is 0 Å². The minimum Gasteiger partial charge on any atom is -0.341 e. The Kier molecular flexibility index (Phi) is 5.01. The van der Waals surface area contributed by atoms with Gasteiger partial charge in [0.1, 0.15) is 0 Å². The third kappa shape index (κ3) is 3.69. The number of carbonyl (C=O) groups is 1. The summed E-state index contributed by atoms with van der Waals surface area (Å²) in [5.74, 6) is 0.750. The van der Waals surface area contributed by atoms with Crippen molar-refractivity contribution >= 4 is 5.91 Å². The second-order valence-corrected chi connectivity index (χ2v) is 5.95. The lowest BCUT2D eigenvalue weighted by Gasteiger charge is -2.30. The normalized spacial score (nSPS) is 31.1. The van der Waals surface area contributed by atoms with Gasteiger partial charge in [0.25, 0.3) is 0 Å². The van der Waals surface area contributed by atoms with E-state index in [1.807, 2.05) is 4.90 Å². The van der Waals surface area contributed by atoms with Gasteiger partial charge < -0.3 is 15.5 Å². The highest BCUT2D eigenvalue weighted by Gasteiger charge is 2.26. The van der Waals surface area contributed by atoms with E-state index in [1.165, 1.54) is 12.8 Å². The monoisotopic (exact) mass is 253 g/mol. The molecule has 1 saturated heterocycles. The Morgan fingerprint density at radius 2 is 1.89 bits per heavy atom. The Morgan fingerprint density at radius 1 is 1.11 bits per heavy atom. The first kappa shape index (κ1) is 13.8. The second kappa shape index (κ2) is 6.53. The average Bonchev–Trinajstić information content (AvgIpc) is 2.57. The van der Waals surface area contributed by atoms with Gasteiger partial charge in [-0.3, -0.25) is 4.79 Å². The maximum atomic E-state index is 12.3. The van der Waals surface area contributed by atoms with Crippen LogP contribution in [-0.4, -0.2) is 55.0 Å². The Balaban J connectivity index is 1.82. The maximum absolute atomic E-state index is 12.3. The van der Waals surface area contributed by atoms with Gasteiger partial charge in [-0.05, 0) is 38.8 Å². The number of carbonyl (C=O) groups excluding carboxylic acids is 1. The van der Waals surface area contributed by atoms with Crippen molar-refractivity contribution < 1.29 is 4.79 Å². The number of nitrogens with zero attached hydrogens (tertiary/aromatic N) is 2. The zero-order chi connectivity index (χ0) is 13.0. The summed E-state index contributed by atoms with van der Waals surface area (Å²) >= 11 is 0. The topological polar surface area (TPSA) is 49.6 Å². The highest BCUT2D eigenvalue weighted by molar-refractivity contribution is 5.76. The summed E-state index contributed by atoms with van der Waals surface area (Å²) in [6.07, 6.45) is 6.49. The summed E-state index contributed by atoms with van der Waals surface area (Å²) in [5.41, 5.74) is 6.13. The van der Waals surface area contributed by atoms with Gasteiger partial charge in [0.05, 0.1) is 0 Å². The predicted molar refractivity (Wildman–Crippen MR) is 73.2 cm³/mol. The van der Waals surface area contributed by atoms with Crippen molar-refractivity contribution in [2.75, 3.05) is 33.2 Å². The molecule has 2 N–H and O–H groups in total. The molecule has 1 heterocycles. The number of nitrogens with two attached hydrogens (primary N) is 1. The van der Waals surface area contributed by atoms with Gasteiger partial charge in [0, 0.05) is 32.1 Å². The molecule has 1 saturated carbocycles. The summed E-state index contributed by atoms with van der Waals surface area (Å²) < 4.78 is 0. The molecule has 1 aliphatic carbocycles. The maximum Gasteiger partial charge on any atom is 0.222 e. The molecule has 104 valence electrons. The van der Waals surface area contributed by atoms with E-state index in [4.69, 9.17) is 5.73 Å². The van der Waals surface area contributed by atoms with E-state index in [9.17, 15) is 4.79 Å². The first-order valence-corrected chi connectivity index (χ1v) is 7.38. The molecule has 4 heteroatoms. The first-order valence-electron chi connectivity index (χ1n) is 7.38. The Hall–Kier alpha value is -0.610. The molecule has 1 aliphatic heterocycles. The summed E-state index contributed by atoms with van der Waals surface area (Å²) in [6.45, 7) is 3.91. The zero-order valence-corrected chi connectivity index (χ0v) is 11.6. The van der Waals surface area contributed by atoms with Crippen LogP contribution in [0, 0.1) is 5.92 Å². The number of hydrogen-bond acceptors (Lipinski definition) is 3. The minimum atomic E-state index is 0.248. The van der Waals surface area contributed by atoms with Gasteiger partial charge in [0.2, 0.25) is 5.91 Å². The van der Waals surface area contributed by atoms with Crippen molar-refractivity contribution in [2.45, 2.75) is 44.6 Å². The molecule has 0 aromatic carbocycles. The molecule has 2 atom stereocenters. The zero-order valence-electron chi connectivity index (χ0n) is 11.6. The van der Waals surface area contributed by atoms with E-state index < -0.39 is 0 Å². The molecule has 2 unspecified atom stereocenters. The van der Waals surface area contributed by atoms with Crippen LogP contribution < -0.4 is 5.73 Å². The highest BCUT2D eigenvalue weighted by Crippen LogP contribution is 2.26.